The van der Waals surface area contributed by atoms with Crippen molar-refractivity contribution in [1.82, 2.24) is 0 Å². The van der Waals surface area contributed by atoms with Crippen LogP contribution in [-0.2, 0) is 0 Å². The highest BCUT2D eigenvalue weighted by molar-refractivity contribution is 9.10. The Labute approximate surface area is 112 Å². The van der Waals surface area contributed by atoms with Crippen LogP contribution in [-0.4, -0.2) is 6.36 Å². The molecule has 1 aromatic carbocycles. The van der Waals surface area contributed by atoms with E-state index >= 15 is 0 Å². The summed E-state index contributed by atoms with van der Waals surface area (Å²) in [7, 11) is 0. The van der Waals surface area contributed by atoms with Crippen molar-refractivity contribution in [1.29, 1.82) is 0 Å². The third kappa shape index (κ3) is 4.86. The minimum absolute atomic E-state index is 0.237. The smallest absolute Gasteiger partial charge is 0.405 e. The SMILES string of the molecule is CC(C)C[C@H](N)c1cc(Br)ccc1OC(F)(F)F. The molecule has 0 unspecified atom stereocenters. The van der Waals surface area contributed by atoms with Crippen LogP contribution in [0.3, 0.4) is 0 Å². The number of nitrogens with two attached hydrogens (primary N) is 1. The van der Waals surface area contributed by atoms with Crippen molar-refractivity contribution < 1.29 is 17.9 Å². The Kier molecular flexibility index (Phi) is 5.04. The first-order valence-electron chi connectivity index (χ1n) is 5.50. The van der Waals surface area contributed by atoms with Crippen LogP contribution in [0.15, 0.2) is 22.7 Å². The molecule has 0 aliphatic rings. The zero-order valence-electron chi connectivity index (χ0n) is 10.1. The fraction of sp³-hybridized carbons (Fsp3) is 0.500. The second kappa shape index (κ2) is 5.93. The maximum atomic E-state index is 12.3. The number of hydrogen-bond acceptors (Lipinski definition) is 2. The number of benzene rings is 1. The first-order valence-corrected chi connectivity index (χ1v) is 6.29. The molecule has 0 spiro atoms. The molecule has 0 saturated heterocycles. The molecular formula is C12H15BrF3NO. The van der Waals surface area contributed by atoms with Gasteiger partial charge in [0.05, 0.1) is 0 Å². The Balaban J connectivity index is 3.03. The van der Waals surface area contributed by atoms with E-state index in [1.54, 1.807) is 6.07 Å². The van der Waals surface area contributed by atoms with Crippen molar-refractivity contribution in [2.75, 3.05) is 0 Å². The van der Waals surface area contributed by atoms with Gasteiger partial charge in [0.2, 0.25) is 0 Å². The van der Waals surface area contributed by atoms with Gasteiger partial charge in [0.1, 0.15) is 5.75 Å². The molecule has 0 aliphatic carbocycles. The van der Waals surface area contributed by atoms with Gasteiger partial charge in [0.15, 0.2) is 0 Å². The van der Waals surface area contributed by atoms with Crippen LogP contribution in [0.25, 0.3) is 0 Å². The van der Waals surface area contributed by atoms with Gasteiger partial charge < -0.3 is 10.5 Å². The highest BCUT2D eigenvalue weighted by Gasteiger charge is 2.32. The van der Waals surface area contributed by atoms with E-state index < -0.39 is 12.4 Å². The maximum Gasteiger partial charge on any atom is 0.573 e. The quantitative estimate of drug-likeness (QED) is 0.890. The maximum absolute atomic E-state index is 12.3. The molecule has 0 amide bonds. The monoisotopic (exact) mass is 325 g/mol. The second-order valence-electron chi connectivity index (χ2n) is 4.47. The van der Waals surface area contributed by atoms with Crippen LogP contribution >= 0.6 is 15.9 Å². The predicted octanol–water partition coefficient (Wildman–Crippen LogP) is 4.39. The van der Waals surface area contributed by atoms with E-state index in [1.165, 1.54) is 12.1 Å². The molecule has 102 valence electrons. The predicted molar refractivity (Wildman–Crippen MR) is 67.2 cm³/mol. The summed E-state index contributed by atoms with van der Waals surface area (Å²) in [4.78, 5) is 0. The van der Waals surface area contributed by atoms with Crippen LogP contribution in [0.5, 0.6) is 5.75 Å². The largest absolute Gasteiger partial charge is 0.573 e. The Bertz CT molecular complexity index is 407. The van der Waals surface area contributed by atoms with Gasteiger partial charge in [-0.05, 0) is 30.5 Å². The third-order valence-electron chi connectivity index (χ3n) is 2.32. The van der Waals surface area contributed by atoms with Crippen LogP contribution in [0, 0.1) is 5.92 Å². The summed E-state index contributed by atoms with van der Waals surface area (Å²) in [5.41, 5.74) is 6.27. The van der Waals surface area contributed by atoms with Gasteiger partial charge in [0, 0.05) is 16.1 Å². The van der Waals surface area contributed by atoms with Gasteiger partial charge >= 0.3 is 6.36 Å². The summed E-state index contributed by atoms with van der Waals surface area (Å²) < 4.78 is 41.5. The Morgan fingerprint density at radius 2 is 1.94 bits per heavy atom. The zero-order valence-corrected chi connectivity index (χ0v) is 11.7. The average Bonchev–Trinajstić information content (AvgIpc) is 2.17. The molecule has 1 atom stereocenters. The third-order valence-corrected chi connectivity index (χ3v) is 2.82. The fourth-order valence-electron chi connectivity index (χ4n) is 1.66. The Hall–Kier alpha value is -0.750. The molecule has 0 fully saturated rings. The van der Waals surface area contributed by atoms with Crippen LogP contribution < -0.4 is 10.5 Å². The lowest BCUT2D eigenvalue weighted by Gasteiger charge is -2.19. The van der Waals surface area contributed by atoms with Gasteiger partial charge in [-0.3, -0.25) is 0 Å². The molecule has 0 radical (unpaired) electrons. The molecule has 1 rings (SSSR count). The van der Waals surface area contributed by atoms with E-state index in [4.69, 9.17) is 5.73 Å². The van der Waals surface area contributed by atoms with Crippen molar-refractivity contribution in [3.63, 3.8) is 0 Å². The number of halogens is 4. The summed E-state index contributed by atoms with van der Waals surface area (Å²) in [6.07, 6.45) is -4.12. The summed E-state index contributed by atoms with van der Waals surface area (Å²) in [6, 6.07) is 3.84. The first-order chi connectivity index (χ1) is 8.19. The Morgan fingerprint density at radius 3 is 2.44 bits per heavy atom. The van der Waals surface area contributed by atoms with Crippen LogP contribution in [0.1, 0.15) is 31.9 Å². The van der Waals surface area contributed by atoms with Crippen molar-refractivity contribution in [3.05, 3.63) is 28.2 Å². The average molecular weight is 326 g/mol. The lowest BCUT2D eigenvalue weighted by Crippen LogP contribution is -2.21. The summed E-state index contributed by atoms with van der Waals surface area (Å²) in [5, 5.41) is 0. The zero-order chi connectivity index (χ0) is 13.9. The van der Waals surface area contributed by atoms with E-state index in [2.05, 4.69) is 20.7 Å². The van der Waals surface area contributed by atoms with Crippen molar-refractivity contribution in [2.45, 2.75) is 32.7 Å². The molecule has 0 heterocycles. The van der Waals surface area contributed by atoms with Gasteiger partial charge in [-0.25, -0.2) is 0 Å². The molecule has 0 bridgehead atoms. The van der Waals surface area contributed by atoms with E-state index in [0.717, 1.165) is 0 Å². The molecule has 0 aromatic heterocycles. The normalized spacial score (nSPS) is 13.8. The highest BCUT2D eigenvalue weighted by atomic mass is 79.9. The van der Waals surface area contributed by atoms with Crippen molar-refractivity contribution in [3.8, 4) is 5.75 Å². The van der Waals surface area contributed by atoms with Crippen molar-refractivity contribution >= 4 is 15.9 Å². The molecule has 1 aromatic rings. The van der Waals surface area contributed by atoms with E-state index in [-0.39, 0.29) is 11.7 Å². The number of alkyl halides is 3. The topological polar surface area (TPSA) is 35.2 Å². The van der Waals surface area contributed by atoms with Gasteiger partial charge in [0.25, 0.3) is 0 Å². The molecule has 2 N–H and O–H groups in total. The highest BCUT2D eigenvalue weighted by Crippen LogP contribution is 2.33. The lowest BCUT2D eigenvalue weighted by molar-refractivity contribution is -0.275. The van der Waals surface area contributed by atoms with Gasteiger partial charge in [-0.15, -0.1) is 13.2 Å². The number of rotatable bonds is 4. The van der Waals surface area contributed by atoms with Crippen LogP contribution in [0.4, 0.5) is 13.2 Å². The molecule has 2 nitrogen and oxygen atoms in total. The number of hydrogen-bond donors (Lipinski definition) is 1. The minimum atomic E-state index is -4.71. The second-order valence-corrected chi connectivity index (χ2v) is 5.38. The molecular weight excluding hydrogens is 311 g/mol. The van der Waals surface area contributed by atoms with Crippen molar-refractivity contribution in [2.24, 2.45) is 11.7 Å². The first kappa shape index (κ1) is 15.3. The van der Waals surface area contributed by atoms with Crippen LogP contribution in [0.2, 0.25) is 0 Å². The number of ether oxygens (including phenoxy) is 1. The van der Waals surface area contributed by atoms with Gasteiger partial charge in [-0.2, -0.15) is 0 Å². The lowest BCUT2D eigenvalue weighted by atomic mass is 9.97. The summed E-state index contributed by atoms with van der Waals surface area (Å²) >= 11 is 3.22. The Morgan fingerprint density at radius 1 is 1.33 bits per heavy atom. The molecule has 0 aliphatic heterocycles. The van der Waals surface area contributed by atoms with Gasteiger partial charge in [-0.1, -0.05) is 29.8 Å². The molecule has 0 saturated carbocycles. The minimum Gasteiger partial charge on any atom is -0.405 e. The fourth-order valence-corrected chi connectivity index (χ4v) is 2.04. The molecule has 6 heteroatoms. The molecule has 18 heavy (non-hydrogen) atoms. The summed E-state index contributed by atoms with van der Waals surface area (Å²) in [6.45, 7) is 3.92. The summed E-state index contributed by atoms with van der Waals surface area (Å²) in [5.74, 6) is 0.0524. The van der Waals surface area contributed by atoms with E-state index in [9.17, 15) is 13.2 Å². The van der Waals surface area contributed by atoms with E-state index in [0.29, 0.717) is 16.5 Å². The standard InChI is InChI=1S/C12H15BrF3NO/c1-7(2)5-10(17)9-6-8(13)3-4-11(9)18-12(14,15)16/h3-4,6-7,10H,5,17H2,1-2H3/t10-/m0/s1. The van der Waals surface area contributed by atoms with E-state index in [1.807, 2.05) is 13.8 Å².